The van der Waals surface area contributed by atoms with Crippen molar-refractivity contribution in [2.75, 3.05) is 39.3 Å². The lowest BCUT2D eigenvalue weighted by Crippen LogP contribution is -2.52. The largest absolute Gasteiger partial charge is 0.353 e. The van der Waals surface area contributed by atoms with Crippen LogP contribution in [-0.4, -0.2) is 72.3 Å². The summed E-state index contributed by atoms with van der Waals surface area (Å²) in [5.41, 5.74) is 1.21. The molecule has 2 saturated heterocycles. The van der Waals surface area contributed by atoms with Crippen molar-refractivity contribution < 1.29 is 17.6 Å². The second-order valence-corrected chi connectivity index (χ2v) is 9.79. The number of carbonyl (C=O) groups is 1. The standard InChI is InChI=1S/C21H27FN4O3S/c1-23-10-4-7-18(23)19-8-5-11-25(19)16-21(27)24-12-14-26(15-13-24)30(28,29)20-9-3-2-6-17(20)22/h2-4,6-7,9-10,19H,5,8,11-16H2,1H3/t19-/m1/s1. The number of nitrogens with zero attached hydrogens (tertiary/aromatic N) is 4. The second kappa shape index (κ2) is 8.49. The zero-order valence-corrected chi connectivity index (χ0v) is 17.9. The first kappa shape index (κ1) is 21.0. The van der Waals surface area contributed by atoms with Gasteiger partial charge in [-0.25, -0.2) is 12.8 Å². The molecule has 1 aromatic heterocycles. The van der Waals surface area contributed by atoms with Crippen LogP contribution < -0.4 is 0 Å². The van der Waals surface area contributed by atoms with E-state index in [9.17, 15) is 17.6 Å². The van der Waals surface area contributed by atoms with Crippen molar-refractivity contribution in [3.8, 4) is 0 Å². The summed E-state index contributed by atoms with van der Waals surface area (Å²) in [5.74, 6) is -0.740. The molecule has 0 bridgehead atoms. The van der Waals surface area contributed by atoms with Gasteiger partial charge >= 0.3 is 0 Å². The van der Waals surface area contributed by atoms with Crippen LogP contribution in [0.15, 0.2) is 47.5 Å². The van der Waals surface area contributed by atoms with E-state index in [2.05, 4.69) is 15.5 Å². The molecule has 2 aliphatic heterocycles. The number of piperazine rings is 1. The van der Waals surface area contributed by atoms with Gasteiger partial charge in [-0.1, -0.05) is 12.1 Å². The van der Waals surface area contributed by atoms with E-state index in [1.165, 1.54) is 28.2 Å². The van der Waals surface area contributed by atoms with Crippen molar-refractivity contribution >= 4 is 15.9 Å². The minimum atomic E-state index is -3.90. The molecule has 2 fully saturated rings. The topological polar surface area (TPSA) is 65.9 Å². The van der Waals surface area contributed by atoms with Gasteiger partial charge < -0.3 is 9.47 Å². The molecule has 1 aromatic carbocycles. The molecule has 30 heavy (non-hydrogen) atoms. The number of likely N-dealkylation sites (tertiary alicyclic amines) is 1. The van der Waals surface area contributed by atoms with Gasteiger partial charge in [-0.3, -0.25) is 9.69 Å². The van der Waals surface area contributed by atoms with Crippen LogP contribution in [-0.2, 0) is 21.9 Å². The van der Waals surface area contributed by atoms with Gasteiger partial charge in [0, 0.05) is 45.1 Å². The predicted molar refractivity (Wildman–Crippen MR) is 111 cm³/mol. The van der Waals surface area contributed by atoms with Crippen LogP contribution in [0.3, 0.4) is 0 Å². The molecule has 0 unspecified atom stereocenters. The van der Waals surface area contributed by atoms with Crippen LogP contribution >= 0.6 is 0 Å². The van der Waals surface area contributed by atoms with Gasteiger partial charge in [-0.2, -0.15) is 4.31 Å². The summed E-state index contributed by atoms with van der Waals surface area (Å²) in [5, 5.41) is 0. The maximum atomic E-state index is 14.0. The minimum absolute atomic E-state index is 0.0130. The van der Waals surface area contributed by atoms with Gasteiger partial charge in [-0.05, 0) is 43.7 Å². The molecule has 7 nitrogen and oxygen atoms in total. The summed E-state index contributed by atoms with van der Waals surface area (Å²) in [7, 11) is -1.88. The first-order chi connectivity index (χ1) is 14.4. The Bertz CT molecular complexity index is 1010. The summed E-state index contributed by atoms with van der Waals surface area (Å²) in [6.07, 6.45) is 4.10. The number of sulfonamides is 1. The maximum absolute atomic E-state index is 14.0. The highest BCUT2D eigenvalue weighted by Crippen LogP contribution is 2.31. The van der Waals surface area contributed by atoms with E-state index >= 15 is 0 Å². The van der Waals surface area contributed by atoms with Crippen molar-refractivity contribution in [2.45, 2.75) is 23.8 Å². The van der Waals surface area contributed by atoms with Crippen molar-refractivity contribution in [3.05, 3.63) is 54.1 Å². The third-order valence-corrected chi connectivity index (χ3v) is 8.01. The van der Waals surface area contributed by atoms with Crippen LogP contribution in [0.25, 0.3) is 0 Å². The molecule has 1 amide bonds. The molecule has 2 aliphatic rings. The molecule has 0 spiro atoms. The number of halogens is 1. The summed E-state index contributed by atoms with van der Waals surface area (Å²) in [6, 6.07) is 9.74. The average molecular weight is 435 g/mol. The lowest BCUT2D eigenvalue weighted by molar-refractivity contribution is -0.133. The monoisotopic (exact) mass is 434 g/mol. The Hall–Kier alpha value is -2.23. The number of aryl methyl sites for hydroxylation is 1. The van der Waals surface area contributed by atoms with E-state index in [0.29, 0.717) is 19.6 Å². The maximum Gasteiger partial charge on any atom is 0.246 e. The van der Waals surface area contributed by atoms with E-state index in [1.807, 2.05) is 19.3 Å². The summed E-state index contributed by atoms with van der Waals surface area (Å²) < 4.78 is 42.8. The number of benzene rings is 1. The highest BCUT2D eigenvalue weighted by Gasteiger charge is 2.34. The number of aromatic nitrogens is 1. The van der Waals surface area contributed by atoms with Crippen LogP contribution in [0.2, 0.25) is 0 Å². The fourth-order valence-corrected chi connectivity index (χ4v) is 5.90. The molecule has 0 saturated carbocycles. The van der Waals surface area contributed by atoms with Crippen LogP contribution in [0, 0.1) is 5.82 Å². The third-order valence-electron chi connectivity index (χ3n) is 6.07. The number of rotatable bonds is 5. The minimum Gasteiger partial charge on any atom is -0.353 e. The molecule has 2 aromatic rings. The van der Waals surface area contributed by atoms with Crippen molar-refractivity contribution in [1.29, 1.82) is 0 Å². The highest BCUT2D eigenvalue weighted by atomic mass is 32.2. The second-order valence-electron chi connectivity index (χ2n) is 7.89. The fraction of sp³-hybridized carbons (Fsp3) is 0.476. The molecular weight excluding hydrogens is 407 g/mol. The molecule has 0 aliphatic carbocycles. The Morgan fingerprint density at radius 1 is 1.07 bits per heavy atom. The summed E-state index contributed by atoms with van der Waals surface area (Å²) in [6.45, 7) is 2.18. The zero-order chi connectivity index (χ0) is 21.3. The van der Waals surface area contributed by atoms with E-state index in [1.54, 1.807) is 4.90 Å². The average Bonchev–Trinajstić information content (AvgIpc) is 3.36. The van der Waals surface area contributed by atoms with Crippen LogP contribution in [0.4, 0.5) is 4.39 Å². The molecule has 0 radical (unpaired) electrons. The Morgan fingerprint density at radius 2 is 1.80 bits per heavy atom. The summed E-state index contributed by atoms with van der Waals surface area (Å²) >= 11 is 0. The number of hydrogen-bond donors (Lipinski definition) is 0. The quantitative estimate of drug-likeness (QED) is 0.720. The molecule has 1 atom stereocenters. The Morgan fingerprint density at radius 3 is 2.47 bits per heavy atom. The molecule has 3 heterocycles. The van der Waals surface area contributed by atoms with Gasteiger partial charge in [0.25, 0.3) is 0 Å². The van der Waals surface area contributed by atoms with E-state index < -0.39 is 15.8 Å². The number of hydrogen-bond acceptors (Lipinski definition) is 4. The Kier molecular flexibility index (Phi) is 5.95. The lowest BCUT2D eigenvalue weighted by Gasteiger charge is -2.35. The molecular formula is C21H27FN4O3S. The molecule has 162 valence electrons. The number of amides is 1. The third kappa shape index (κ3) is 4.01. The first-order valence-electron chi connectivity index (χ1n) is 10.3. The van der Waals surface area contributed by atoms with E-state index in [-0.39, 0.29) is 29.9 Å². The van der Waals surface area contributed by atoms with Crippen molar-refractivity contribution in [1.82, 2.24) is 18.7 Å². The van der Waals surface area contributed by atoms with Gasteiger partial charge in [0.15, 0.2) is 0 Å². The Labute approximate surface area is 176 Å². The van der Waals surface area contributed by atoms with Crippen molar-refractivity contribution in [3.63, 3.8) is 0 Å². The Balaban J connectivity index is 1.37. The first-order valence-corrected chi connectivity index (χ1v) is 11.7. The fourth-order valence-electron chi connectivity index (χ4n) is 4.42. The smallest absolute Gasteiger partial charge is 0.246 e. The van der Waals surface area contributed by atoms with Crippen LogP contribution in [0.1, 0.15) is 24.6 Å². The highest BCUT2D eigenvalue weighted by molar-refractivity contribution is 7.89. The molecule has 0 N–H and O–H groups in total. The number of carbonyl (C=O) groups excluding carboxylic acids is 1. The van der Waals surface area contributed by atoms with Gasteiger partial charge in [0.2, 0.25) is 15.9 Å². The summed E-state index contributed by atoms with van der Waals surface area (Å²) in [4.78, 5) is 16.5. The van der Waals surface area contributed by atoms with Crippen molar-refractivity contribution in [2.24, 2.45) is 7.05 Å². The van der Waals surface area contributed by atoms with Gasteiger partial charge in [0.05, 0.1) is 12.6 Å². The van der Waals surface area contributed by atoms with Gasteiger partial charge in [0.1, 0.15) is 10.7 Å². The molecule has 4 rings (SSSR count). The van der Waals surface area contributed by atoms with E-state index in [4.69, 9.17) is 0 Å². The predicted octanol–water partition coefficient (Wildman–Crippen LogP) is 1.83. The van der Waals surface area contributed by atoms with Gasteiger partial charge in [-0.15, -0.1) is 0 Å². The normalized spacial score (nSPS) is 21.3. The van der Waals surface area contributed by atoms with Crippen LogP contribution in [0.5, 0.6) is 0 Å². The zero-order valence-electron chi connectivity index (χ0n) is 17.1. The van der Waals surface area contributed by atoms with E-state index in [0.717, 1.165) is 25.5 Å². The SMILES string of the molecule is Cn1cccc1[C@H]1CCCN1CC(=O)N1CCN(S(=O)(=O)c2ccccc2F)CC1. The molecule has 9 heteroatoms. The lowest BCUT2D eigenvalue weighted by atomic mass is 10.1.